The third-order valence-electron chi connectivity index (χ3n) is 4.36. The van der Waals surface area contributed by atoms with Gasteiger partial charge in [0.15, 0.2) is 0 Å². The Morgan fingerprint density at radius 2 is 1.09 bits per heavy atom. The lowest BCUT2D eigenvalue weighted by molar-refractivity contribution is 0.913. The van der Waals surface area contributed by atoms with Crippen LogP contribution in [0.15, 0.2) is 78.9 Å². The van der Waals surface area contributed by atoms with Gasteiger partial charge in [0, 0.05) is 17.9 Å². The van der Waals surface area contributed by atoms with E-state index in [4.69, 9.17) is 0 Å². The number of hydrogen-bond acceptors (Lipinski definition) is 1. The van der Waals surface area contributed by atoms with Crippen LogP contribution in [0.3, 0.4) is 0 Å². The van der Waals surface area contributed by atoms with E-state index in [-0.39, 0.29) is 0 Å². The molecule has 0 N–H and O–H groups in total. The molecule has 0 aromatic heterocycles. The maximum atomic E-state index is 2.44. The Labute approximate surface area is 137 Å². The molecule has 0 amide bonds. The average molecular weight is 297 g/mol. The number of para-hydroxylation sites is 2. The van der Waals surface area contributed by atoms with Crippen molar-refractivity contribution in [3.8, 4) is 0 Å². The zero-order chi connectivity index (χ0) is 15.5. The third kappa shape index (κ3) is 2.78. The van der Waals surface area contributed by atoms with Crippen LogP contribution in [0.2, 0.25) is 0 Å². The molecular weight excluding hydrogens is 278 g/mol. The van der Waals surface area contributed by atoms with Crippen LogP contribution in [0.25, 0.3) is 12.2 Å². The van der Waals surface area contributed by atoms with Crippen LogP contribution in [0.5, 0.6) is 0 Å². The quantitative estimate of drug-likeness (QED) is 0.612. The van der Waals surface area contributed by atoms with Gasteiger partial charge in [-0.3, -0.25) is 0 Å². The smallest absolute Gasteiger partial charge is 0.0484 e. The Bertz CT molecular complexity index is 784. The van der Waals surface area contributed by atoms with Crippen LogP contribution in [0.1, 0.15) is 16.7 Å². The van der Waals surface area contributed by atoms with Crippen molar-refractivity contribution in [1.82, 2.24) is 0 Å². The molecule has 0 atom stereocenters. The van der Waals surface area contributed by atoms with Gasteiger partial charge in [-0.25, -0.2) is 0 Å². The fraction of sp³-hybridized carbons (Fsp3) is 0.0909. The normalized spacial score (nSPS) is 12.4. The molecule has 0 spiro atoms. The Morgan fingerprint density at radius 3 is 1.70 bits per heavy atom. The highest BCUT2D eigenvalue weighted by Crippen LogP contribution is 2.36. The lowest BCUT2D eigenvalue weighted by Crippen LogP contribution is -2.21. The maximum Gasteiger partial charge on any atom is 0.0484 e. The number of hydrogen-bond donors (Lipinski definition) is 0. The molecule has 3 aromatic rings. The minimum atomic E-state index is 0.972. The van der Waals surface area contributed by atoms with E-state index in [1.807, 2.05) is 0 Å². The first-order valence-corrected chi connectivity index (χ1v) is 8.09. The Morgan fingerprint density at radius 1 is 0.565 bits per heavy atom. The van der Waals surface area contributed by atoms with Gasteiger partial charge in [0.05, 0.1) is 0 Å². The molecule has 0 bridgehead atoms. The van der Waals surface area contributed by atoms with Crippen molar-refractivity contribution in [2.45, 2.75) is 6.42 Å². The van der Waals surface area contributed by atoms with Gasteiger partial charge in [-0.05, 0) is 35.2 Å². The lowest BCUT2D eigenvalue weighted by Gasteiger charge is -2.27. The van der Waals surface area contributed by atoms with Crippen LogP contribution in [0.4, 0.5) is 11.4 Å². The summed E-state index contributed by atoms with van der Waals surface area (Å²) < 4.78 is 0. The molecule has 1 aliphatic heterocycles. The summed E-state index contributed by atoms with van der Waals surface area (Å²) in [7, 11) is 0. The summed E-state index contributed by atoms with van der Waals surface area (Å²) in [6, 6.07) is 28.0. The van der Waals surface area contributed by atoms with E-state index >= 15 is 0 Å². The first kappa shape index (κ1) is 13.8. The molecule has 1 heterocycles. The fourth-order valence-electron chi connectivity index (χ4n) is 3.18. The van der Waals surface area contributed by atoms with E-state index in [0.29, 0.717) is 0 Å². The predicted molar refractivity (Wildman–Crippen MR) is 99.0 cm³/mol. The summed E-state index contributed by atoms with van der Waals surface area (Å²) in [6.07, 6.45) is 5.47. The standard InChI is InChI=1S/C22H19N/c1-2-8-18(9-3-1)16-17-23-21-12-6-4-10-19(21)14-15-20-11-5-7-13-22(20)23/h1-15H,16-17H2. The van der Waals surface area contributed by atoms with Gasteiger partial charge in [-0.1, -0.05) is 78.9 Å². The molecule has 0 saturated heterocycles. The van der Waals surface area contributed by atoms with Crippen molar-refractivity contribution in [2.24, 2.45) is 0 Å². The van der Waals surface area contributed by atoms with Gasteiger partial charge in [0.2, 0.25) is 0 Å². The van der Waals surface area contributed by atoms with Crippen LogP contribution in [-0.2, 0) is 6.42 Å². The van der Waals surface area contributed by atoms with Gasteiger partial charge < -0.3 is 4.90 Å². The molecule has 0 saturated carbocycles. The fourth-order valence-corrected chi connectivity index (χ4v) is 3.18. The molecule has 1 heteroatoms. The van der Waals surface area contributed by atoms with E-state index in [9.17, 15) is 0 Å². The highest BCUT2D eigenvalue weighted by atomic mass is 15.1. The summed E-state index contributed by atoms with van der Waals surface area (Å²) in [5.41, 5.74) is 6.49. The molecule has 3 aromatic carbocycles. The number of rotatable bonds is 3. The molecule has 0 fully saturated rings. The summed E-state index contributed by atoms with van der Waals surface area (Å²) in [5.74, 6) is 0. The van der Waals surface area contributed by atoms with Crippen LogP contribution >= 0.6 is 0 Å². The van der Waals surface area contributed by atoms with Crippen molar-refractivity contribution in [1.29, 1.82) is 0 Å². The van der Waals surface area contributed by atoms with E-state index in [1.165, 1.54) is 28.1 Å². The topological polar surface area (TPSA) is 3.24 Å². The Kier molecular flexibility index (Phi) is 3.69. The van der Waals surface area contributed by atoms with Gasteiger partial charge in [0.1, 0.15) is 0 Å². The molecule has 0 unspecified atom stereocenters. The molecular formula is C22H19N. The lowest BCUT2D eigenvalue weighted by atomic mass is 10.1. The monoisotopic (exact) mass is 297 g/mol. The number of fused-ring (bicyclic) bond motifs is 2. The van der Waals surface area contributed by atoms with Crippen molar-refractivity contribution < 1.29 is 0 Å². The van der Waals surface area contributed by atoms with E-state index in [1.54, 1.807) is 0 Å². The van der Waals surface area contributed by atoms with Crippen molar-refractivity contribution in [3.05, 3.63) is 95.6 Å². The summed E-state index contributed by atoms with van der Waals surface area (Å²) >= 11 is 0. The second-order valence-corrected chi connectivity index (χ2v) is 5.84. The second-order valence-electron chi connectivity index (χ2n) is 5.84. The Balaban J connectivity index is 1.73. The van der Waals surface area contributed by atoms with E-state index in [0.717, 1.165) is 13.0 Å². The average Bonchev–Trinajstić information content (AvgIpc) is 2.78. The molecule has 0 radical (unpaired) electrons. The Hall–Kier alpha value is -2.80. The zero-order valence-electron chi connectivity index (χ0n) is 13.0. The number of benzene rings is 3. The zero-order valence-corrected chi connectivity index (χ0v) is 13.0. The van der Waals surface area contributed by atoms with Gasteiger partial charge in [-0.2, -0.15) is 0 Å². The largest absolute Gasteiger partial charge is 0.340 e. The minimum Gasteiger partial charge on any atom is -0.340 e. The van der Waals surface area contributed by atoms with Gasteiger partial charge in [-0.15, -0.1) is 0 Å². The predicted octanol–water partition coefficient (Wildman–Crippen LogP) is 5.55. The molecule has 23 heavy (non-hydrogen) atoms. The molecule has 1 aliphatic rings. The van der Waals surface area contributed by atoms with Crippen molar-refractivity contribution >= 4 is 23.5 Å². The molecule has 4 rings (SSSR count). The van der Waals surface area contributed by atoms with Crippen LogP contribution in [0, 0.1) is 0 Å². The molecule has 112 valence electrons. The first-order valence-electron chi connectivity index (χ1n) is 8.09. The third-order valence-corrected chi connectivity index (χ3v) is 4.36. The minimum absolute atomic E-state index is 0.972. The van der Waals surface area contributed by atoms with E-state index < -0.39 is 0 Å². The highest BCUT2D eigenvalue weighted by molar-refractivity contribution is 5.88. The summed E-state index contributed by atoms with van der Waals surface area (Å²) in [5, 5.41) is 0. The van der Waals surface area contributed by atoms with Crippen LogP contribution < -0.4 is 4.90 Å². The summed E-state index contributed by atoms with van der Waals surface area (Å²) in [4.78, 5) is 2.44. The highest BCUT2D eigenvalue weighted by Gasteiger charge is 2.16. The second kappa shape index (κ2) is 6.13. The van der Waals surface area contributed by atoms with Crippen molar-refractivity contribution in [2.75, 3.05) is 11.4 Å². The van der Waals surface area contributed by atoms with Gasteiger partial charge in [0.25, 0.3) is 0 Å². The summed E-state index contributed by atoms with van der Waals surface area (Å²) in [6.45, 7) is 0.972. The molecule has 1 nitrogen and oxygen atoms in total. The SMILES string of the molecule is C1=Cc2ccccc2N(CCc2ccccc2)c2ccccc21. The first-order chi connectivity index (χ1) is 11.4. The van der Waals surface area contributed by atoms with Crippen molar-refractivity contribution in [3.63, 3.8) is 0 Å². The number of nitrogens with zero attached hydrogens (tertiary/aromatic N) is 1. The van der Waals surface area contributed by atoms with Gasteiger partial charge >= 0.3 is 0 Å². The maximum absolute atomic E-state index is 2.44. The van der Waals surface area contributed by atoms with Crippen LogP contribution in [-0.4, -0.2) is 6.54 Å². The molecule has 0 aliphatic carbocycles. The van der Waals surface area contributed by atoms with E-state index in [2.05, 4.69) is 95.9 Å². The number of anilines is 2.